The summed E-state index contributed by atoms with van der Waals surface area (Å²) < 4.78 is 6.49. The SMILES string of the molecule is O=C(CSc1nc2ccccc2o1)N/N=C/c1cccc(Br)c1. The van der Waals surface area contributed by atoms with Crippen LogP contribution in [0.5, 0.6) is 0 Å². The van der Waals surface area contributed by atoms with Gasteiger partial charge in [0.2, 0.25) is 0 Å². The number of benzene rings is 2. The second-order valence-corrected chi connectivity index (χ2v) is 6.43. The van der Waals surface area contributed by atoms with E-state index in [1.807, 2.05) is 48.5 Å². The number of hydrogen-bond acceptors (Lipinski definition) is 5. The van der Waals surface area contributed by atoms with Gasteiger partial charge in [0.1, 0.15) is 5.52 Å². The lowest BCUT2D eigenvalue weighted by atomic mass is 10.2. The van der Waals surface area contributed by atoms with Crippen molar-refractivity contribution < 1.29 is 9.21 Å². The molecule has 0 aliphatic rings. The molecule has 7 heteroatoms. The smallest absolute Gasteiger partial charge is 0.257 e. The van der Waals surface area contributed by atoms with E-state index in [9.17, 15) is 4.79 Å². The zero-order valence-corrected chi connectivity index (χ0v) is 14.3. The largest absolute Gasteiger partial charge is 0.431 e. The third-order valence-corrected chi connectivity index (χ3v) is 4.17. The Hall–Kier alpha value is -2.12. The third kappa shape index (κ3) is 4.43. The van der Waals surface area contributed by atoms with E-state index in [0.717, 1.165) is 15.6 Å². The number of nitrogens with zero attached hydrogens (tertiary/aromatic N) is 2. The monoisotopic (exact) mass is 389 g/mol. The minimum absolute atomic E-state index is 0.183. The van der Waals surface area contributed by atoms with Crippen LogP contribution in [0.25, 0.3) is 11.1 Å². The highest BCUT2D eigenvalue weighted by Gasteiger charge is 2.08. The number of carbonyl (C=O) groups is 1. The topological polar surface area (TPSA) is 67.5 Å². The van der Waals surface area contributed by atoms with Gasteiger partial charge in [0, 0.05) is 4.47 Å². The van der Waals surface area contributed by atoms with E-state index in [1.165, 1.54) is 11.8 Å². The summed E-state index contributed by atoms with van der Waals surface area (Å²) in [4.78, 5) is 16.1. The second-order valence-electron chi connectivity index (χ2n) is 4.58. The Labute approximate surface area is 145 Å². The zero-order chi connectivity index (χ0) is 16.1. The van der Waals surface area contributed by atoms with Crippen molar-refractivity contribution in [1.82, 2.24) is 10.4 Å². The first kappa shape index (κ1) is 15.8. The summed E-state index contributed by atoms with van der Waals surface area (Å²) in [5.74, 6) is -0.0358. The molecule has 116 valence electrons. The molecule has 1 amide bonds. The van der Waals surface area contributed by atoms with E-state index < -0.39 is 0 Å². The number of halogens is 1. The predicted octanol–water partition coefficient (Wildman–Crippen LogP) is 3.83. The molecule has 0 aliphatic heterocycles. The fraction of sp³-hybridized carbons (Fsp3) is 0.0625. The van der Waals surface area contributed by atoms with Gasteiger partial charge < -0.3 is 4.42 Å². The Bertz CT molecular complexity index is 830. The first-order chi connectivity index (χ1) is 11.2. The highest BCUT2D eigenvalue weighted by atomic mass is 79.9. The van der Waals surface area contributed by atoms with E-state index in [4.69, 9.17) is 4.42 Å². The molecule has 1 heterocycles. The van der Waals surface area contributed by atoms with Gasteiger partial charge >= 0.3 is 0 Å². The van der Waals surface area contributed by atoms with E-state index in [1.54, 1.807) is 6.21 Å². The number of thioether (sulfide) groups is 1. The van der Waals surface area contributed by atoms with Gasteiger partial charge in [-0.15, -0.1) is 0 Å². The van der Waals surface area contributed by atoms with Crippen LogP contribution in [0.3, 0.4) is 0 Å². The normalized spacial score (nSPS) is 11.2. The van der Waals surface area contributed by atoms with Gasteiger partial charge in [-0.25, -0.2) is 10.4 Å². The quantitative estimate of drug-likeness (QED) is 0.409. The Morgan fingerprint density at radius 3 is 3.00 bits per heavy atom. The summed E-state index contributed by atoms with van der Waals surface area (Å²) >= 11 is 4.61. The summed E-state index contributed by atoms with van der Waals surface area (Å²) in [6.45, 7) is 0. The molecule has 0 fully saturated rings. The highest BCUT2D eigenvalue weighted by molar-refractivity contribution is 9.10. The van der Waals surface area contributed by atoms with Crippen LogP contribution in [0.1, 0.15) is 5.56 Å². The number of oxazole rings is 1. The molecule has 1 aromatic heterocycles. The molecule has 0 aliphatic carbocycles. The van der Waals surface area contributed by atoms with Crippen molar-refractivity contribution in [2.45, 2.75) is 5.22 Å². The fourth-order valence-electron chi connectivity index (χ4n) is 1.84. The first-order valence-electron chi connectivity index (χ1n) is 6.76. The number of hydrogen-bond donors (Lipinski definition) is 1. The molecule has 0 bridgehead atoms. The maximum absolute atomic E-state index is 11.8. The van der Waals surface area contributed by atoms with Crippen molar-refractivity contribution in [1.29, 1.82) is 0 Å². The Morgan fingerprint density at radius 2 is 2.17 bits per heavy atom. The standard InChI is InChI=1S/C16H12BrN3O2S/c17-12-5-3-4-11(8-12)9-18-20-15(21)10-23-16-19-13-6-1-2-7-14(13)22-16/h1-9H,10H2,(H,20,21)/b18-9+. The maximum Gasteiger partial charge on any atom is 0.257 e. The van der Waals surface area contributed by atoms with Gasteiger partial charge in [-0.05, 0) is 29.8 Å². The summed E-state index contributed by atoms with van der Waals surface area (Å²) in [5.41, 5.74) is 4.87. The van der Waals surface area contributed by atoms with Crippen molar-refractivity contribution >= 4 is 50.9 Å². The lowest BCUT2D eigenvalue weighted by molar-refractivity contribution is -0.118. The number of carbonyl (C=O) groups excluding carboxylic acids is 1. The van der Waals surface area contributed by atoms with Gasteiger partial charge in [0.15, 0.2) is 5.58 Å². The first-order valence-corrected chi connectivity index (χ1v) is 8.54. The molecule has 5 nitrogen and oxygen atoms in total. The molecular formula is C16H12BrN3O2S. The van der Waals surface area contributed by atoms with Crippen molar-refractivity contribution in [3.63, 3.8) is 0 Å². The molecule has 3 rings (SSSR count). The van der Waals surface area contributed by atoms with Crippen LogP contribution in [0, 0.1) is 0 Å². The average molecular weight is 390 g/mol. The minimum Gasteiger partial charge on any atom is -0.431 e. The van der Waals surface area contributed by atoms with Crippen LogP contribution in [0.15, 0.2) is 67.7 Å². The molecule has 0 saturated carbocycles. The van der Waals surface area contributed by atoms with Crippen LogP contribution >= 0.6 is 27.7 Å². The van der Waals surface area contributed by atoms with Crippen LogP contribution in [-0.4, -0.2) is 22.9 Å². The fourth-order valence-corrected chi connectivity index (χ4v) is 2.89. The van der Waals surface area contributed by atoms with Gasteiger partial charge in [-0.3, -0.25) is 4.79 Å². The van der Waals surface area contributed by atoms with Crippen LogP contribution < -0.4 is 5.43 Å². The van der Waals surface area contributed by atoms with Crippen molar-refractivity contribution in [3.05, 3.63) is 58.6 Å². The summed E-state index contributed by atoms with van der Waals surface area (Å²) in [6.07, 6.45) is 1.59. The molecule has 1 N–H and O–H groups in total. The van der Waals surface area contributed by atoms with Crippen LogP contribution in [0.4, 0.5) is 0 Å². The molecule has 0 atom stereocenters. The van der Waals surface area contributed by atoms with Gasteiger partial charge in [-0.1, -0.05) is 52.0 Å². The Kier molecular flexibility index (Phi) is 5.09. The molecular weight excluding hydrogens is 378 g/mol. The Morgan fingerprint density at radius 1 is 1.30 bits per heavy atom. The molecule has 2 aromatic carbocycles. The Balaban J connectivity index is 1.51. The number of aromatic nitrogens is 1. The van der Waals surface area contributed by atoms with Crippen LogP contribution in [0.2, 0.25) is 0 Å². The van der Waals surface area contributed by atoms with Crippen LogP contribution in [-0.2, 0) is 4.79 Å². The zero-order valence-electron chi connectivity index (χ0n) is 11.9. The minimum atomic E-state index is -0.219. The molecule has 0 saturated heterocycles. The van der Waals surface area contributed by atoms with Crippen molar-refractivity contribution in [3.8, 4) is 0 Å². The lowest BCUT2D eigenvalue weighted by Gasteiger charge is -1.97. The highest BCUT2D eigenvalue weighted by Crippen LogP contribution is 2.22. The number of hydrazone groups is 1. The molecule has 3 aromatic rings. The van der Waals surface area contributed by atoms with E-state index in [-0.39, 0.29) is 11.7 Å². The number of rotatable bonds is 5. The molecule has 0 unspecified atom stereocenters. The maximum atomic E-state index is 11.8. The van der Waals surface area contributed by atoms with E-state index in [2.05, 4.69) is 31.4 Å². The summed E-state index contributed by atoms with van der Waals surface area (Å²) in [5, 5.41) is 4.40. The van der Waals surface area contributed by atoms with Gasteiger partial charge in [-0.2, -0.15) is 5.10 Å². The molecule has 0 radical (unpaired) electrons. The molecule has 23 heavy (non-hydrogen) atoms. The molecule has 0 spiro atoms. The lowest BCUT2D eigenvalue weighted by Crippen LogP contribution is -2.19. The second kappa shape index (κ2) is 7.43. The van der Waals surface area contributed by atoms with Crippen molar-refractivity contribution in [2.75, 3.05) is 5.75 Å². The predicted molar refractivity (Wildman–Crippen MR) is 94.6 cm³/mol. The van der Waals surface area contributed by atoms with E-state index >= 15 is 0 Å². The van der Waals surface area contributed by atoms with Gasteiger partial charge in [0.05, 0.1) is 12.0 Å². The number of fused-ring (bicyclic) bond motifs is 1. The summed E-state index contributed by atoms with van der Waals surface area (Å²) in [7, 11) is 0. The third-order valence-electron chi connectivity index (χ3n) is 2.85. The summed E-state index contributed by atoms with van der Waals surface area (Å²) in [6, 6.07) is 15.1. The average Bonchev–Trinajstić information content (AvgIpc) is 2.96. The van der Waals surface area contributed by atoms with E-state index in [0.29, 0.717) is 10.8 Å². The number of nitrogens with one attached hydrogen (secondary N) is 1. The van der Waals surface area contributed by atoms with Gasteiger partial charge in [0.25, 0.3) is 11.1 Å². The van der Waals surface area contributed by atoms with Crippen molar-refractivity contribution in [2.24, 2.45) is 5.10 Å². The number of amides is 1. The number of para-hydroxylation sites is 2.